The summed E-state index contributed by atoms with van der Waals surface area (Å²) >= 11 is 0. The first-order valence-electron chi connectivity index (χ1n) is 23.4. The Morgan fingerprint density at radius 3 is 1.36 bits per heavy atom. The molecule has 0 spiro atoms. The zero-order chi connectivity index (χ0) is 44.6. The monoisotopic (exact) mass is 870 g/mol. The van der Waals surface area contributed by atoms with Crippen molar-refractivity contribution in [2.45, 2.75) is 174 Å². The number of phosphoric ester groups is 1. The average molecular weight is 870 g/mol. The van der Waals surface area contributed by atoms with Crippen molar-refractivity contribution in [3.05, 3.63) is 109 Å². The third-order valence-electron chi connectivity index (χ3n) is 9.14. The molecule has 0 saturated carbocycles. The van der Waals surface area contributed by atoms with E-state index in [0.29, 0.717) is 19.3 Å². The normalized spacial score (nSPS) is 14.2. The molecule has 10 heteroatoms. The molecule has 3 N–H and O–H groups in total. The summed E-state index contributed by atoms with van der Waals surface area (Å²) in [4.78, 5) is 34.9. The minimum absolute atomic E-state index is 0.0293. The first-order chi connectivity index (χ1) is 29.8. The maximum absolute atomic E-state index is 12.6. The number of rotatable bonds is 42. The Kier molecular flexibility index (Phi) is 43.7. The summed E-state index contributed by atoms with van der Waals surface area (Å²) < 4.78 is 32.7. The number of esters is 2. The van der Waals surface area contributed by atoms with Crippen LogP contribution in [0, 0.1) is 0 Å². The molecule has 0 aromatic heterocycles. The van der Waals surface area contributed by atoms with E-state index in [4.69, 9.17) is 24.3 Å². The van der Waals surface area contributed by atoms with Gasteiger partial charge in [0.1, 0.15) is 6.61 Å². The molecule has 0 aliphatic heterocycles. The first-order valence-corrected chi connectivity index (χ1v) is 24.9. The van der Waals surface area contributed by atoms with Crippen LogP contribution in [0.25, 0.3) is 0 Å². The van der Waals surface area contributed by atoms with Crippen molar-refractivity contribution in [3.63, 3.8) is 0 Å². The summed E-state index contributed by atoms with van der Waals surface area (Å²) in [5.74, 6) is -1.00. The Balaban J connectivity index is 4.36. The van der Waals surface area contributed by atoms with Crippen LogP contribution in [0.3, 0.4) is 0 Å². The SMILES string of the molecule is CCCCC/C=C/C/C=C/C/C=C/C/C=C/C/C=C/CCC(=O)OC[C@H](COP(=O)(O)OCCN)OC(=O)CCC/C=C/C/C=C/C/C=C/C/C=C/CCCCCCCCC. The van der Waals surface area contributed by atoms with Crippen molar-refractivity contribution in [2.24, 2.45) is 5.73 Å². The Labute approximate surface area is 371 Å². The quantitative estimate of drug-likeness (QED) is 0.0266. The summed E-state index contributed by atoms with van der Waals surface area (Å²) in [6.45, 7) is 3.53. The fourth-order valence-electron chi connectivity index (χ4n) is 5.67. The third kappa shape index (κ3) is 46.0. The molecule has 2 atom stereocenters. The molecule has 0 amide bonds. The van der Waals surface area contributed by atoms with Gasteiger partial charge in [-0.3, -0.25) is 18.6 Å². The second-order valence-electron chi connectivity index (χ2n) is 14.9. The molecule has 61 heavy (non-hydrogen) atoms. The number of carbonyl (C=O) groups excluding carboxylic acids is 2. The van der Waals surface area contributed by atoms with Gasteiger partial charge in [0.25, 0.3) is 0 Å². The van der Waals surface area contributed by atoms with Crippen molar-refractivity contribution in [3.8, 4) is 0 Å². The second kappa shape index (κ2) is 46.2. The highest BCUT2D eigenvalue weighted by molar-refractivity contribution is 7.47. The van der Waals surface area contributed by atoms with E-state index in [1.807, 2.05) is 18.2 Å². The van der Waals surface area contributed by atoms with E-state index < -0.39 is 32.5 Å². The Morgan fingerprint density at radius 2 is 0.885 bits per heavy atom. The molecule has 9 nitrogen and oxygen atoms in total. The Morgan fingerprint density at radius 1 is 0.492 bits per heavy atom. The molecule has 0 aromatic carbocycles. The van der Waals surface area contributed by atoms with Crippen LogP contribution in [0.15, 0.2) is 109 Å². The van der Waals surface area contributed by atoms with Gasteiger partial charge in [0.2, 0.25) is 0 Å². The van der Waals surface area contributed by atoms with Crippen LogP contribution in [0.1, 0.15) is 168 Å². The summed E-state index contributed by atoms with van der Waals surface area (Å²) in [6.07, 6.45) is 61.5. The smallest absolute Gasteiger partial charge is 0.462 e. The molecule has 0 aromatic rings. The minimum atomic E-state index is -4.42. The lowest BCUT2D eigenvalue weighted by atomic mass is 10.1. The van der Waals surface area contributed by atoms with Gasteiger partial charge in [-0.1, -0.05) is 175 Å². The van der Waals surface area contributed by atoms with Crippen molar-refractivity contribution < 1.29 is 37.6 Å². The number of nitrogens with two attached hydrogens (primary N) is 1. The summed E-state index contributed by atoms with van der Waals surface area (Å²) in [6, 6.07) is 0. The molecule has 0 fully saturated rings. The van der Waals surface area contributed by atoms with Crippen LogP contribution >= 0.6 is 7.82 Å². The van der Waals surface area contributed by atoms with Crippen LogP contribution in [0.4, 0.5) is 0 Å². The number of hydrogen-bond acceptors (Lipinski definition) is 8. The lowest BCUT2D eigenvalue weighted by molar-refractivity contribution is -0.161. The standard InChI is InChI=1S/C51H84NO8P/c1-3-5-7-9-11-13-15-17-19-21-23-24-26-28-30-32-34-36-38-40-42-44-51(54)60-49(48-59-61(55,56)58-46-45-52)47-57-50(53)43-41-39-37-35-33-31-29-27-25-22-20-18-16-14-12-10-8-6-4-2/h12,14,18-21,24-27,30-33,36-39,49H,3-11,13,15-17,22-23,28-29,34-35,40-48,52H2,1-2H3,(H,55,56)/b14-12+,20-18+,21-19+,26-24+,27-25+,32-30+,33-31+,38-36+,39-37+/t49-/m1/s1. The van der Waals surface area contributed by atoms with Crippen molar-refractivity contribution in [1.29, 1.82) is 0 Å². The van der Waals surface area contributed by atoms with E-state index in [2.05, 4.69) is 105 Å². The van der Waals surface area contributed by atoms with E-state index in [-0.39, 0.29) is 32.6 Å². The minimum Gasteiger partial charge on any atom is -0.462 e. The van der Waals surface area contributed by atoms with Gasteiger partial charge in [-0.25, -0.2) is 4.57 Å². The fraction of sp³-hybridized carbons (Fsp3) is 0.608. The molecule has 0 heterocycles. The van der Waals surface area contributed by atoms with Crippen LogP contribution < -0.4 is 5.73 Å². The van der Waals surface area contributed by atoms with Gasteiger partial charge in [-0.2, -0.15) is 0 Å². The fourth-order valence-corrected chi connectivity index (χ4v) is 6.43. The summed E-state index contributed by atoms with van der Waals surface area (Å²) in [5, 5.41) is 0. The lowest BCUT2D eigenvalue weighted by Gasteiger charge is -2.19. The van der Waals surface area contributed by atoms with Gasteiger partial charge in [-0.05, 0) is 89.9 Å². The molecule has 0 aliphatic rings. The highest BCUT2D eigenvalue weighted by atomic mass is 31.2. The number of phosphoric acid groups is 1. The van der Waals surface area contributed by atoms with Crippen LogP contribution in [0.5, 0.6) is 0 Å². The number of allylic oxidation sites excluding steroid dienone is 18. The van der Waals surface area contributed by atoms with Gasteiger partial charge < -0.3 is 20.1 Å². The lowest BCUT2D eigenvalue weighted by Crippen LogP contribution is -2.29. The van der Waals surface area contributed by atoms with Gasteiger partial charge in [0.05, 0.1) is 13.2 Å². The zero-order valence-corrected chi connectivity index (χ0v) is 39.0. The Bertz CT molecular complexity index is 1360. The molecule has 1 unspecified atom stereocenters. The predicted octanol–water partition coefficient (Wildman–Crippen LogP) is 13.9. The third-order valence-corrected chi connectivity index (χ3v) is 10.1. The molecule has 0 aliphatic carbocycles. The van der Waals surface area contributed by atoms with Crippen molar-refractivity contribution in [2.75, 3.05) is 26.4 Å². The number of carbonyl (C=O) groups is 2. The molecule has 0 rings (SSSR count). The molecular weight excluding hydrogens is 786 g/mol. The van der Waals surface area contributed by atoms with Gasteiger partial charge in [0.15, 0.2) is 6.10 Å². The molecular formula is C51H84NO8P. The largest absolute Gasteiger partial charge is 0.472 e. The number of ether oxygens (including phenoxy) is 2. The maximum Gasteiger partial charge on any atom is 0.472 e. The van der Waals surface area contributed by atoms with Gasteiger partial charge in [0, 0.05) is 19.4 Å². The van der Waals surface area contributed by atoms with Crippen molar-refractivity contribution >= 4 is 19.8 Å². The van der Waals surface area contributed by atoms with E-state index in [1.54, 1.807) is 0 Å². The van der Waals surface area contributed by atoms with Crippen LogP contribution in [-0.2, 0) is 32.7 Å². The molecule has 0 saturated heterocycles. The molecule has 346 valence electrons. The first kappa shape index (κ1) is 57.7. The van der Waals surface area contributed by atoms with Crippen LogP contribution in [0.2, 0.25) is 0 Å². The second-order valence-corrected chi connectivity index (χ2v) is 16.4. The number of hydrogen-bond donors (Lipinski definition) is 2. The van der Waals surface area contributed by atoms with Gasteiger partial charge in [-0.15, -0.1) is 0 Å². The van der Waals surface area contributed by atoms with E-state index in [1.165, 1.54) is 77.0 Å². The van der Waals surface area contributed by atoms with Gasteiger partial charge >= 0.3 is 19.8 Å². The maximum atomic E-state index is 12.6. The molecule has 0 radical (unpaired) electrons. The highest BCUT2D eigenvalue weighted by Gasteiger charge is 2.25. The molecule has 0 bridgehead atoms. The topological polar surface area (TPSA) is 134 Å². The van der Waals surface area contributed by atoms with Crippen LogP contribution in [-0.4, -0.2) is 49.3 Å². The van der Waals surface area contributed by atoms with Crippen molar-refractivity contribution in [1.82, 2.24) is 0 Å². The summed E-state index contributed by atoms with van der Waals surface area (Å²) in [7, 11) is -4.42. The van der Waals surface area contributed by atoms with E-state index in [9.17, 15) is 19.0 Å². The van der Waals surface area contributed by atoms with E-state index in [0.717, 1.165) is 44.9 Å². The predicted molar refractivity (Wildman–Crippen MR) is 256 cm³/mol. The number of unbranched alkanes of at least 4 members (excludes halogenated alkanes) is 11. The highest BCUT2D eigenvalue weighted by Crippen LogP contribution is 2.43. The summed E-state index contributed by atoms with van der Waals surface area (Å²) in [5.41, 5.74) is 5.35. The van der Waals surface area contributed by atoms with E-state index >= 15 is 0 Å². The zero-order valence-electron chi connectivity index (χ0n) is 38.1. The Hall–Kier alpha value is -3.33. The average Bonchev–Trinajstić information content (AvgIpc) is 3.25.